The quantitative estimate of drug-likeness (QED) is 0.745. The molecule has 1 fully saturated rings. The first-order valence-electron chi connectivity index (χ1n) is 8.90. The summed E-state index contributed by atoms with van der Waals surface area (Å²) in [7, 11) is -3.72. The molecule has 0 unspecified atom stereocenters. The van der Waals surface area contributed by atoms with E-state index in [2.05, 4.69) is 0 Å². The van der Waals surface area contributed by atoms with E-state index in [9.17, 15) is 22.4 Å². The Bertz CT molecular complexity index is 1030. The van der Waals surface area contributed by atoms with E-state index in [0.29, 0.717) is 5.56 Å². The lowest BCUT2D eigenvalue weighted by Crippen LogP contribution is -2.50. The maximum Gasteiger partial charge on any atom is 0.248 e. The number of halogens is 1. The number of amides is 2. The fourth-order valence-electron chi connectivity index (χ4n) is 2.94. The number of carbonyl (C=O) groups is 2. The normalized spacial score (nSPS) is 15.6. The molecule has 1 saturated heterocycles. The van der Waals surface area contributed by atoms with Gasteiger partial charge in [-0.25, -0.2) is 12.8 Å². The molecule has 0 atom stereocenters. The van der Waals surface area contributed by atoms with Gasteiger partial charge in [0, 0.05) is 37.8 Å². The number of hydrogen-bond acceptors (Lipinski definition) is 4. The first kappa shape index (κ1) is 20.7. The average molecular weight is 417 g/mol. The van der Waals surface area contributed by atoms with Gasteiger partial charge < -0.3 is 10.6 Å². The van der Waals surface area contributed by atoms with Crippen molar-refractivity contribution in [2.24, 2.45) is 5.73 Å². The molecule has 152 valence electrons. The van der Waals surface area contributed by atoms with Gasteiger partial charge in [0.15, 0.2) is 0 Å². The summed E-state index contributed by atoms with van der Waals surface area (Å²) in [5.41, 5.74) is 6.09. The molecule has 0 bridgehead atoms. The zero-order valence-corrected chi connectivity index (χ0v) is 16.3. The number of sulfonamides is 1. The van der Waals surface area contributed by atoms with E-state index in [-0.39, 0.29) is 48.4 Å². The molecule has 2 aromatic rings. The van der Waals surface area contributed by atoms with Crippen LogP contribution in [0.1, 0.15) is 15.9 Å². The SMILES string of the molecule is NC(=O)c1ccc(S(=O)(=O)N2CCN(C(=O)/C=C/c3ccc(F)cc3)CC2)cc1. The van der Waals surface area contributed by atoms with Crippen LogP contribution in [0, 0.1) is 5.82 Å². The molecule has 3 rings (SSSR count). The summed E-state index contributed by atoms with van der Waals surface area (Å²) in [6.07, 6.45) is 2.98. The summed E-state index contributed by atoms with van der Waals surface area (Å²) in [4.78, 5) is 25.1. The van der Waals surface area contributed by atoms with Crippen molar-refractivity contribution in [2.75, 3.05) is 26.2 Å². The molecule has 0 saturated carbocycles. The molecule has 7 nitrogen and oxygen atoms in total. The third kappa shape index (κ3) is 4.87. The summed E-state index contributed by atoms with van der Waals surface area (Å²) >= 11 is 0. The van der Waals surface area contributed by atoms with Gasteiger partial charge in [-0.2, -0.15) is 4.31 Å². The largest absolute Gasteiger partial charge is 0.366 e. The van der Waals surface area contributed by atoms with Crippen molar-refractivity contribution in [3.05, 3.63) is 71.6 Å². The summed E-state index contributed by atoms with van der Waals surface area (Å²) in [5, 5.41) is 0. The van der Waals surface area contributed by atoms with Crippen LogP contribution in [0.4, 0.5) is 4.39 Å². The van der Waals surface area contributed by atoms with Gasteiger partial charge in [-0.3, -0.25) is 9.59 Å². The van der Waals surface area contributed by atoms with E-state index in [1.165, 1.54) is 46.8 Å². The van der Waals surface area contributed by atoms with Crippen molar-refractivity contribution in [3.63, 3.8) is 0 Å². The third-order valence-corrected chi connectivity index (χ3v) is 6.53. The molecule has 2 N–H and O–H groups in total. The van der Waals surface area contributed by atoms with Crippen molar-refractivity contribution in [2.45, 2.75) is 4.90 Å². The second-order valence-corrected chi connectivity index (χ2v) is 8.44. The highest BCUT2D eigenvalue weighted by Crippen LogP contribution is 2.18. The summed E-state index contributed by atoms with van der Waals surface area (Å²) < 4.78 is 39.7. The topological polar surface area (TPSA) is 101 Å². The molecule has 0 radical (unpaired) electrons. The smallest absolute Gasteiger partial charge is 0.248 e. The lowest BCUT2D eigenvalue weighted by molar-refractivity contribution is -0.127. The fourth-order valence-corrected chi connectivity index (χ4v) is 4.36. The van der Waals surface area contributed by atoms with E-state index in [1.807, 2.05) is 0 Å². The molecule has 1 aliphatic heterocycles. The highest BCUT2D eigenvalue weighted by molar-refractivity contribution is 7.89. The Kier molecular flexibility index (Phi) is 6.09. The summed E-state index contributed by atoms with van der Waals surface area (Å²) in [6, 6.07) is 11.2. The predicted octanol–water partition coefficient (Wildman–Crippen LogP) is 1.47. The van der Waals surface area contributed by atoms with Crippen LogP contribution in [0.5, 0.6) is 0 Å². The monoisotopic (exact) mass is 417 g/mol. The van der Waals surface area contributed by atoms with Crippen molar-refractivity contribution in [1.82, 2.24) is 9.21 Å². The number of primary amides is 1. The highest BCUT2D eigenvalue weighted by Gasteiger charge is 2.29. The Labute approximate surface area is 168 Å². The number of nitrogens with zero attached hydrogens (tertiary/aromatic N) is 2. The number of hydrogen-bond donors (Lipinski definition) is 1. The van der Waals surface area contributed by atoms with E-state index in [1.54, 1.807) is 23.1 Å². The van der Waals surface area contributed by atoms with Gasteiger partial charge in [-0.1, -0.05) is 12.1 Å². The molecular formula is C20H20FN3O4S. The molecule has 0 aromatic heterocycles. The van der Waals surface area contributed by atoms with Gasteiger partial charge in [0.05, 0.1) is 4.90 Å². The van der Waals surface area contributed by atoms with Crippen LogP contribution in [0.15, 0.2) is 59.5 Å². The highest BCUT2D eigenvalue weighted by atomic mass is 32.2. The zero-order chi connectivity index (χ0) is 21.0. The van der Waals surface area contributed by atoms with Crippen LogP contribution < -0.4 is 5.73 Å². The molecule has 0 spiro atoms. The minimum atomic E-state index is -3.72. The standard InChI is InChI=1S/C20H20FN3O4S/c21-17-6-1-15(2-7-17)3-10-19(25)23-11-13-24(14-12-23)29(27,28)18-8-4-16(5-9-18)20(22)26/h1-10H,11-14H2,(H2,22,26)/b10-3+. The predicted molar refractivity (Wildman–Crippen MR) is 106 cm³/mol. The Balaban J connectivity index is 1.61. The molecule has 2 aromatic carbocycles. The molecular weight excluding hydrogens is 397 g/mol. The van der Waals surface area contributed by atoms with Gasteiger partial charge in [-0.15, -0.1) is 0 Å². The maximum absolute atomic E-state index is 12.9. The molecule has 0 aliphatic carbocycles. The van der Waals surface area contributed by atoms with Gasteiger partial charge >= 0.3 is 0 Å². The minimum absolute atomic E-state index is 0.0680. The maximum atomic E-state index is 12.9. The number of piperazine rings is 1. The molecule has 1 aliphatic rings. The Morgan fingerprint density at radius 2 is 1.52 bits per heavy atom. The van der Waals surface area contributed by atoms with Crippen molar-refractivity contribution >= 4 is 27.9 Å². The van der Waals surface area contributed by atoms with Gasteiger partial charge in [-0.05, 0) is 48.0 Å². The zero-order valence-electron chi connectivity index (χ0n) is 15.5. The van der Waals surface area contributed by atoms with Crippen LogP contribution in [-0.4, -0.2) is 55.6 Å². The van der Waals surface area contributed by atoms with E-state index < -0.39 is 15.9 Å². The lowest BCUT2D eigenvalue weighted by atomic mass is 10.2. The number of nitrogens with two attached hydrogens (primary N) is 1. The van der Waals surface area contributed by atoms with E-state index in [0.717, 1.165) is 0 Å². The fraction of sp³-hybridized carbons (Fsp3) is 0.200. The Morgan fingerprint density at radius 1 is 0.931 bits per heavy atom. The lowest BCUT2D eigenvalue weighted by Gasteiger charge is -2.33. The number of benzene rings is 2. The van der Waals surface area contributed by atoms with Gasteiger partial charge in [0.1, 0.15) is 5.82 Å². The first-order valence-corrected chi connectivity index (χ1v) is 10.3. The second-order valence-electron chi connectivity index (χ2n) is 6.50. The van der Waals surface area contributed by atoms with Crippen LogP contribution in [0.25, 0.3) is 6.08 Å². The molecule has 1 heterocycles. The van der Waals surface area contributed by atoms with Crippen LogP contribution in [0.2, 0.25) is 0 Å². The minimum Gasteiger partial charge on any atom is -0.366 e. The second kappa shape index (κ2) is 8.54. The molecule has 29 heavy (non-hydrogen) atoms. The van der Waals surface area contributed by atoms with E-state index in [4.69, 9.17) is 5.73 Å². The van der Waals surface area contributed by atoms with Crippen molar-refractivity contribution in [3.8, 4) is 0 Å². The van der Waals surface area contributed by atoms with E-state index >= 15 is 0 Å². The van der Waals surface area contributed by atoms with Crippen molar-refractivity contribution < 1.29 is 22.4 Å². The average Bonchev–Trinajstić information content (AvgIpc) is 2.73. The number of carbonyl (C=O) groups excluding carboxylic acids is 2. The summed E-state index contributed by atoms with van der Waals surface area (Å²) in [5.74, 6) is -1.22. The van der Waals surface area contributed by atoms with Crippen LogP contribution >= 0.6 is 0 Å². The molecule has 9 heteroatoms. The first-order chi connectivity index (χ1) is 13.8. The number of rotatable bonds is 5. The van der Waals surface area contributed by atoms with Crippen LogP contribution in [-0.2, 0) is 14.8 Å². The van der Waals surface area contributed by atoms with Gasteiger partial charge in [0.2, 0.25) is 21.8 Å². The summed E-state index contributed by atoms with van der Waals surface area (Å²) in [6.45, 7) is 0.836. The van der Waals surface area contributed by atoms with Crippen molar-refractivity contribution in [1.29, 1.82) is 0 Å². The molecule has 2 amide bonds. The van der Waals surface area contributed by atoms with Crippen LogP contribution in [0.3, 0.4) is 0 Å². The third-order valence-electron chi connectivity index (χ3n) is 4.62. The van der Waals surface area contributed by atoms with Gasteiger partial charge in [0.25, 0.3) is 0 Å². The Morgan fingerprint density at radius 3 is 2.07 bits per heavy atom. The Hall–Kier alpha value is -3.04.